The van der Waals surface area contributed by atoms with Gasteiger partial charge in [-0.05, 0) is 40.5 Å². The first-order valence-corrected chi connectivity index (χ1v) is 6.93. The van der Waals surface area contributed by atoms with Gasteiger partial charge in [-0.2, -0.15) is 0 Å². The van der Waals surface area contributed by atoms with Gasteiger partial charge in [0.2, 0.25) is 0 Å². The quantitative estimate of drug-likeness (QED) is 0.792. The molecule has 0 N–H and O–H groups in total. The first-order chi connectivity index (χ1) is 8.67. The fourth-order valence-corrected chi connectivity index (χ4v) is 2.19. The van der Waals surface area contributed by atoms with Crippen molar-refractivity contribution in [2.75, 3.05) is 0 Å². The summed E-state index contributed by atoms with van der Waals surface area (Å²) >= 11 is 8.95. The van der Waals surface area contributed by atoms with Crippen molar-refractivity contribution in [1.82, 2.24) is 14.8 Å². The average molecular weight is 333 g/mol. The smallest absolute Gasteiger partial charge is 0.164 e. The highest BCUT2D eigenvalue weighted by atomic mass is 79.9. The van der Waals surface area contributed by atoms with Gasteiger partial charge in [-0.15, -0.1) is 21.8 Å². The Kier molecular flexibility index (Phi) is 4.35. The molecule has 0 spiro atoms. The maximum Gasteiger partial charge on any atom is 0.164 e. The molecule has 2 aromatic rings. The van der Waals surface area contributed by atoms with Crippen LogP contribution in [-0.2, 0) is 12.4 Å². The van der Waals surface area contributed by atoms with E-state index in [-0.39, 0.29) is 5.82 Å². The van der Waals surface area contributed by atoms with Crippen LogP contribution in [0.15, 0.2) is 22.7 Å². The molecule has 0 amide bonds. The lowest BCUT2D eigenvalue weighted by Crippen LogP contribution is -2.04. The first kappa shape index (κ1) is 13.5. The number of rotatable bonds is 4. The molecular weight excluding hydrogens is 321 g/mol. The Hall–Kier alpha value is -0.940. The van der Waals surface area contributed by atoms with Crippen LogP contribution >= 0.6 is 27.5 Å². The van der Waals surface area contributed by atoms with Gasteiger partial charge in [0.25, 0.3) is 0 Å². The van der Waals surface area contributed by atoms with Crippen LogP contribution in [0.25, 0.3) is 11.4 Å². The highest BCUT2D eigenvalue weighted by Crippen LogP contribution is 2.24. The molecule has 0 fully saturated rings. The first-order valence-electron chi connectivity index (χ1n) is 5.60. The largest absolute Gasteiger partial charge is 0.310 e. The Morgan fingerprint density at radius 1 is 1.39 bits per heavy atom. The second-order valence-electron chi connectivity index (χ2n) is 3.85. The van der Waals surface area contributed by atoms with E-state index in [0.717, 1.165) is 13.0 Å². The molecule has 0 aliphatic carbocycles. The van der Waals surface area contributed by atoms with Crippen molar-refractivity contribution in [1.29, 1.82) is 0 Å². The molecule has 0 unspecified atom stereocenters. The fraction of sp³-hybridized carbons (Fsp3) is 0.333. The van der Waals surface area contributed by atoms with Crippen LogP contribution in [0.2, 0.25) is 0 Å². The topological polar surface area (TPSA) is 30.7 Å². The van der Waals surface area contributed by atoms with Crippen LogP contribution in [0.3, 0.4) is 0 Å². The van der Waals surface area contributed by atoms with Crippen LogP contribution in [0, 0.1) is 5.82 Å². The van der Waals surface area contributed by atoms with Gasteiger partial charge in [0.15, 0.2) is 5.82 Å². The van der Waals surface area contributed by atoms with E-state index in [1.54, 1.807) is 12.1 Å². The number of halogens is 3. The number of benzene rings is 1. The summed E-state index contributed by atoms with van der Waals surface area (Å²) in [5, 5.41) is 8.12. The van der Waals surface area contributed by atoms with E-state index in [1.165, 1.54) is 6.07 Å². The predicted molar refractivity (Wildman–Crippen MR) is 73.0 cm³/mol. The molecule has 0 aliphatic rings. The van der Waals surface area contributed by atoms with Gasteiger partial charge in [-0.1, -0.05) is 6.92 Å². The standard InChI is InChI=1S/C12H12BrClFN3/c1-2-5-18-11(7-14)16-17-12(18)8-3-4-9(13)10(15)6-8/h3-4,6H,2,5,7H2,1H3. The van der Waals surface area contributed by atoms with Gasteiger partial charge < -0.3 is 4.57 Å². The minimum absolute atomic E-state index is 0.298. The van der Waals surface area contributed by atoms with E-state index in [0.29, 0.717) is 27.6 Å². The summed E-state index contributed by atoms with van der Waals surface area (Å²) in [4.78, 5) is 0. The molecular formula is C12H12BrClFN3. The molecule has 1 aromatic heterocycles. The van der Waals surface area contributed by atoms with Gasteiger partial charge in [-0.3, -0.25) is 0 Å². The minimum Gasteiger partial charge on any atom is -0.310 e. The van der Waals surface area contributed by atoms with Crippen LogP contribution in [0.1, 0.15) is 19.2 Å². The molecule has 96 valence electrons. The molecule has 0 atom stereocenters. The maximum atomic E-state index is 13.5. The lowest BCUT2D eigenvalue weighted by Gasteiger charge is -2.08. The molecule has 0 bridgehead atoms. The predicted octanol–water partition coefficient (Wildman–Crippen LogP) is 4.00. The molecule has 0 saturated carbocycles. The van der Waals surface area contributed by atoms with Gasteiger partial charge in [0.1, 0.15) is 11.6 Å². The SMILES string of the molecule is CCCn1c(CCl)nnc1-c1ccc(Br)c(F)c1. The van der Waals surface area contributed by atoms with E-state index in [9.17, 15) is 4.39 Å². The molecule has 1 aromatic carbocycles. The number of nitrogens with zero attached hydrogens (tertiary/aromatic N) is 3. The molecule has 0 saturated heterocycles. The van der Waals surface area contributed by atoms with Gasteiger partial charge in [-0.25, -0.2) is 4.39 Å². The number of aromatic nitrogens is 3. The summed E-state index contributed by atoms with van der Waals surface area (Å²) in [5.74, 6) is 1.34. The zero-order valence-corrected chi connectivity index (χ0v) is 12.2. The van der Waals surface area contributed by atoms with E-state index in [4.69, 9.17) is 11.6 Å². The second-order valence-corrected chi connectivity index (χ2v) is 4.98. The van der Waals surface area contributed by atoms with Gasteiger partial charge in [0.05, 0.1) is 10.4 Å². The van der Waals surface area contributed by atoms with Crippen molar-refractivity contribution in [3.05, 3.63) is 34.3 Å². The number of hydrogen-bond acceptors (Lipinski definition) is 2. The highest BCUT2D eigenvalue weighted by Gasteiger charge is 2.13. The van der Waals surface area contributed by atoms with Crippen molar-refractivity contribution in [2.45, 2.75) is 25.8 Å². The van der Waals surface area contributed by atoms with Crippen molar-refractivity contribution in [3.8, 4) is 11.4 Å². The molecule has 1 heterocycles. The van der Waals surface area contributed by atoms with E-state index < -0.39 is 0 Å². The molecule has 18 heavy (non-hydrogen) atoms. The Labute approximate surface area is 118 Å². The van der Waals surface area contributed by atoms with E-state index >= 15 is 0 Å². The summed E-state index contributed by atoms with van der Waals surface area (Å²) in [5.41, 5.74) is 0.702. The van der Waals surface area contributed by atoms with E-state index in [1.807, 2.05) is 4.57 Å². The monoisotopic (exact) mass is 331 g/mol. The summed E-state index contributed by atoms with van der Waals surface area (Å²) in [7, 11) is 0. The Morgan fingerprint density at radius 2 is 2.17 bits per heavy atom. The zero-order chi connectivity index (χ0) is 13.1. The molecule has 0 radical (unpaired) electrons. The number of alkyl halides is 1. The minimum atomic E-state index is -0.314. The van der Waals surface area contributed by atoms with Crippen molar-refractivity contribution >= 4 is 27.5 Å². The number of hydrogen-bond donors (Lipinski definition) is 0. The summed E-state index contributed by atoms with van der Waals surface area (Å²) < 4.78 is 15.9. The van der Waals surface area contributed by atoms with E-state index in [2.05, 4.69) is 33.1 Å². The third-order valence-corrected chi connectivity index (χ3v) is 3.45. The summed E-state index contributed by atoms with van der Waals surface area (Å²) in [6.45, 7) is 2.83. The third kappa shape index (κ3) is 2.57. The normalized spacial score (nSPS) is 10.9. The van der Waals surface area contributed by atoms with Crippen LogP contribution < -0.4 is 0 Å². The Morgan fingerprint density at radius 3 is 2.78 bits per heavy atom. The van der Waals surface area contributed by atoms with Crippen LogP contribution in [0.4, 0.5) is 4.39 Å². The summed E-state index contributed by atoms with van der Waals surface area (Å²) in [6, 6.07) is 4.91. The maximum absolute atomic E-state index is 13.5. The summed E-state index contributed by atoms with van der Waals surface area (Å²) in [6.07, 6.45) is 0.938. The molecule has 2 rings (SSSR count). The molecule has 6 heteroatoms. The van der Waals surface area contributed by atoms with Gasteiger partial charge in [0, 0.05) is 12.1 Å². The van der Waals surface area contributed by atoms with Crippen molar-refractivity contribution in [2.24, 2.45) is 0 Å². The molecule has 3 nitrogen and oxygen atoms in total. The van der Waals surface area contributed by atoms with Crippen LogP contribution in [0.5, 0.6) is 0 Å². The lowest BCUT2D eigenvalue weighted by atomic mass is 10.2. The van der Waals surface area contributed by atoms with Crippen molar-refractivity contribution < 1.29 is 4.39 Å². The van der Waals surface area contributed by atoms with Crippen LogP contribution in [-0.4, -0.2) is 14.8 Å². The zero-order valence-electron chi connectivity index (χ0n) is 9.83. The Bertz CT molecular complexity index is 556. The van der Waals surface area contributed by atoms with Gasteiger partial charge >= 0.3 is 0 Å². The lowest BCUT2D eigenvalue weighted by molar-refractivity contribution is 0.620. The van der Waals surface area contributed by atoms with Crippen molar-refractivity contribution in [3.63, 3.8) is 0 Å². The highest BCUT2D eigenvalue weighted by molar-refractivity contribution is 9.10. The third-order valence-electron chi connectivity index (χ3n) is 2.57. The second kappa shape index (κ2) is 5.80. The molecule has 0 aliphatic heterocycles. The Balaban J connectivity index is 2.49. The average Bonchev–Trinajstić information content (AvgIpc) is 2.76. The fourth-order valence-electron chi connectivity index (χ4n) is 1.74.